The summed E-state index contributed by atoms with van der Waals surface area (Å²) in [5, 5.41) is 9.34. The zero-order chi connectivity index (χ0) is 15.6. The molecular formula is C14H25N3O3S. The molecule has 0 aromatic rings. The number of urea groups is 1. The van der Waals surface area contributed by atoms with Crippen LogP contribution in [0.15, 0.2) is 0 Å². The molecule has 0 saturated carbocycles. The van der Waals surface area contributed by atoms with Gasteiger partial charge < -0.3 is 14.9 Å². The third-order valence-corrected chi connectivity index (χ3v) is 5.82. The minimum atomic E-state index is -0.897. The molecule has 2 rings (SSSR count). The highest BCUT2D eigenvalue weighted by Gasteiger charge is 2.44. The van der Waals surface area contributed by atoms with Crippen molar-refractivity contribution >= 4 is 23.8 Å². The fourth-order valence-corrected chi connectivity index (χ4v) is 4.36. The van der Waals surface area contributed by atoms with Crippen LogP contribution in [0.2, 0.25) is 0 Å². The lowest BCUT2D eigenvalue weighted by Gasteiger charge is -2.39. The summed E-state index contributed by atoms with van der Waals surface area (Å²) in [4.78, 5) is 29.9. The van der Waals surface area contributed by atoms with Crippen LogP contribution in [0, 0.1) is 5.92 Å². The number of carbonyl (C=O) groups is 2. The fourth-order valence-electron chi connectivity index (χ4n) is 2.89. The molecule has 2 heterocycles. The van der Waals surface area contributed by atoms with Gasteiger partial charge in [-0.05, 0) is 12.5 Å². The van der Waals surface area contributed by atoms with Gasteiger partial charge in [-0.2, -0.15) is 0 Å². The lowest BCUT2D eigenvalue weighted by Crippen LogP contribution is -2.57. The van der Waals surface area contributed by atoms with Crippen molar-refractivity contribution in [2.24, 2.45) is 5.92 Å². The van der Waals surface area contributed by atoms with Crippen LogP contribution < -0.4 is 0 Å². The van der Waals surface area contributed by atoms with Crippen molar-refractivity contribution in [2.75, 3.05) is 38.5 Å². The Labute approximate surface area is 130 Å². The van der Waals surface area contributed by atoms with Crippen molar-refractivity contribution in [2.45, 2.75) is 32.2 Å². The van der Waals surface area contributed by atoms with Gasteiger partial charge in [-0.15, -0.1) is 11.8 Å². The van der Waals surface area contributed by atoms with E-state index < -0.39 is 12.0 Å². The first-order valence-electron chi connectivity index (χ1n) is 7.59. The van der Waals surface area contributed by atoms with E-state index in [4.69, 9.17) is 0 Å². The number of amides is 2. The molecule has 2 fully saturated rings. The summed E-state index contributed by atoms with van der Waals surface area (Å²) >= 11 is 1.58. The van der Waals surface area contributed by atoms with E-state index in [0.717, 1.165) is 19.6 Å². The van der Waals surface area contributed by atoms with Crippen LogP contribution in [0.3, 0.4) is 0 Å². The maximum absolute atomic E-state index is 12.8. The molecule has 2 amide bonds. The number of carboxylic acids is 1. The van der Waals surface area contributed by atoms with Gasteiger partial charge in [0.25, 0.3) is 0 Å². The third kappa shape index (κ3) is 3.45. The predicted octanol–water partition coefficient (Wildman–Crippen LogP) is 1.23. The van der Waals surface area contributed by atoms with Crippen LogP contribution in [-0.2, 0) is 4.79 Å². The molecular weight excluding hydrogens is 290 g/mol. The van der Waals surface area contributed by atoms with Gasteiger partial charge in [-0.3, -0.25) is 4.90 Å². The average molecular weight is 315 g/mol. The molecule has 2 atom stereocenters. The number of hydrogen-bond donors (Lipinski definition) is 1. The van der Waals surface area contributed by atoms with Crippen molar-refractivity contribution in [3.63, 3.8) is 0 Å². The topological polar surface area (TPSA) is 64.1 Å². The van der Waals surface area contributed by atoms with Crippen molar-refractivity contribution in [3.05, 3.63) is 0 Å². The minimum absolute atomic E-state index is 0.0391. The predicted molar refractivity (Wildman–Crippen MR) is 83.4 cm³/mol. The largest absolute Gasteiger partial charge is 0.480 e. The van der Waals surface area contributed by atoms with Crippen LogP contribution in [-0.4, -0.2) is 81.7 Å². The number of carboxylic acid groups (broad SMARTS) is 1. The molecule has 120 valence electrons. The zero-order valence-electron chi connectivity index (χ0n) is 13.0. The molecule has 2 unspecified atom stereocenters. The number of hydrogen-bond acceptors (Lipinski definition) is 4. The summed E-state index contributed by atoms with van der Waals surface area (Å²) in [6, 6.07) is -0.805. The summed E-state index contributed by atoms with van der Waals surface area (Å²) in [5.74, 6) is -0.162. The van der Waals surface area contributed by atoms with Gasteiger partial charge in [0.1, 0.15) is 6.04 Å². The Bertz CT molecular complexity index is 397. The second-order valence-electron chi connectivity index (χ2n) is 5.93. The second kappa shape index (κ2) is 6.87. The number of nitrogens with zero attached hydrogens (tertiary/aromatic N) is 3. The minimum Gasteiger partial charge on any atom is -0.480 e. The lowest BCUT2D eigenvalue weighted by molar-refractivity contribution is -0.141. The van der Waals surface area contributed by atoms with Crippen LogP contribution in [0.25, 0.3) is 0 Å². The van der Waals surface area contributed by atoms with E-state index in [0.29, 0.717) is 18.8 Å². The fraction of sp³-hybridized carbons (Fsp3) is 0.857. The van der Waals surface area contributed by atoms with Crippen LogP contribution in [0.4, 0.5) is 4.79 Å². The smallest absolute Gasteiger partial charge is 0.327 e. The molecule has 2 saturated heterocycles. The van der Waals surface area contributed by atoms with E-state index in [1.165, 1.54) is 0 Å². The van der Waals surface area contributed by atoms with Gasteiger partial charge in [0, 0.05) is 31.9 Å². The molecule has 21 heavy (non-hydrogen) atoms. The molecule has 0 aliphatic carbocycles. The van der Waals surface area contributed by atoms with E-state index in [9.17, 15) is 14.7 Å². The van der Waals surface area contributed by atoms with Gasteiger partial charge >= 0.3 is 12.0 Å². The maximum atomic E-state index is 12.8. The summed E-state index contributed by atoms with van der Waals surface area (Å²) < 4.78 is 0. The Hall–Kier alpha value is -0.950. The Kier molecular flexibility index (Phi) is 5.37. The third-order valence-electron chi connectivity index (χ3n) is 4.20. The number of carbonyl (C=O) groups excluding carboxylic acids is 1. The SMILES string of the molecule is CCN1CCN(C(=O)N2C(C(=O)O)CSC2C(C)C)CC1. The zero-order valence-corrected chi connectivity index (χ0v) is 13.8. The summed E-state index contributed by atoms with van der Waals surface area (Å²) in [5.41, 5.74) is 0. The quantitative estimate of drug-likeness (QED) is 0.848. The lowest BCUT2D eigenvalue weighted by atomic mass is 10.1. The van der Waals surface area contributed by atoms with E-state index in [-0.39, 0.29) is 17.3 Å². The van der Waals surface area contributed by atoms with Crippen LogP contribution >= 0.6 is 11.8 Å². The molecule has 0 aromatic heterocycles. The molecule has 2 aliphatic rings. The molecule has 6 nitrogen and oxygen atoms in total. The Morgan fingerprint density at radius 2 is 1.86 bits per heavy atom. The molecule has 2 aliphatic heterocycles. The Balaban J connectivity index is 2.08. The van der Waals surface area contributed by atoms with E-state index in [1.807, 2.05) is 18.7 Å². The van der Waals surface area contributed by atoms with Crippen molar-refractivity contribution in [1.82, 2.24) is 14.7 Å². The van der Waals surface area contributed by atoms with Crippen molar-refractivity contribution < 1.29 is 14.7 Å². The highest BCUT2D eigenvalue weighted by Crippen LogP contribution is 2.35. The first kappa shape index (κ1) is 16.4. The number of rotatable bonds is 3. The molecule has 0 aromatic carbocycles. The highest BCUT2D eigenvalue weighted by molar-refractivity contribution is 8.00. The molecule has 0 bridgehead atoms. The molecule has 1 N–H and O–H groups in total. The van der Waals surface area contributed by atoms with Crippen molar-refractivity contribution in [1.29, 1.82) is 0 Å². The standard InChI is InChI=1S/C14H25N3O3S/c1-4-15-5-7-16(8-6-15)14(20)17-11(13(18)19)9-21-12(17)10(2)3/h10-12H,4-9H2,1-3H3,(H,18,19). The Morgan fingerprint density at radius 3 is 2.33 bits per heavy atom. The Morgan fingerprint density at radius 1 is 1.24 bits per heavy atom. The average Bonchev–Trinajstić information content (AvgIpc) is 2.91. The highest BCUT2D eigenvalue weighted by atomic mass is 32.2. The number of aliphatic carboxylic acids is 1. The van der Waals surface area contributed by atoms with Gasteiger partial charge in [-0.1, -0.05) is 20.8 Å². The van der Waals surface area contributed by atoms with Crippen LogP contribution in [0.5, 0.6) is 0 Å². The molecule has 7 heteroatoms. The maximum Gasteiger partial charge on any atom is 0.327 e. The summed E-state index contributed by atoms with van der Waals surface area (Å²) in [7, 11) is 0. The monoisotopic (exact) mass is 315 g/mol. The second-order valence-corrected chi connectivity index (χ2v) is 7.08. The van der Waals surface area contributed by atoms with E-state index in [1.54, 1.807) is 16.7 Å². The summed E-state index contributed by atoms with van der Waals surface area (Å²) in [6.07, 6.45) is 0. The van der Waals surface area contributed by atoms with E-state index >= 15 is 0 Å². The molecule has 0 spiro atoms. The normalized spacial score (nSPS) is 27.4. The van der Waals surface area contributed by atoms with Gasteiger partial charge in [-0.25, -0.2) is 9.59 Å². The molecule has 0 radical (unpaired) electrons. The first-order valence-corrected chi connectivity index (χ1v) is 8.64. The van der Waals surface area contributed by atoms with Crippen LogP contribution in [0.1, 0.15) is 20.8 Å². The number of piperazine rings is 1. The van der Waals surface area contributed by atoms with E-state index in [2.05, 4.69) is 11.8 Å². The first-order chi connectivity index (χ1) is 9.95. The number of thioether (sulfide) groups is 1. The summed E-state index contributed by atoms with van der Waals surface area (Å²) in [6.45, 7) is 10.3. The van der Waals surface area contributed by atoms with Gasteiger partial charge in [0.15, 0.2) is 0 Å². The van der Waals surface area contributed by atoms with Gasteiger partial charge in [0.05, 0.1) is 5.37 Å². The van der Waals surface area contributed by atoms with Crippen molar-refractivity contribution in [3.8, 4) is 0 Å². The number of likely N-dealkylation sites (N-methyl/N-ethyl adjacent to an activating group) is 1. The van der Waals surface area contributed by atoms with Gasteiger partial charge in [0.2, 0.25) is 0 Å².